The van der Waals surface area contributed by atoms with Crippen molar-refractivity contribution in [3.05, 3.63) is 0 Å². The number of rotatable bonds is 4. The van der Waals surface area contributed by atoms with E-state index >= 15 is 0 Å². The SMILES string of the molecule is CC(C)(C)S(=O)(=O)CCNCC(F)(F)F. The van der Waals surface area contributed by atoms with Crippen LogP contribution in [0.25, 0.3) is 0 Å². The highest BCUT2D eigenvalue weighted by atomic mass is 32.2. The molecule has 3 nitrogen and oxygen atoms in total. The highest BCUT2D eigenvalue weighted by Crippen LogP contribution is 2.15. The van der Waals surface area contributed by atoms with E-state index < -0.39 is 27.3 Å². The van der Waals surface area contributed by atoms with Crippen LogP contribution in [0.4, 0.5) is 13.2 Å². The molecule has 0 heterocycles. The van der Waals surface area contributed by atoms with Gasteiger partial charge in [0.25, 0.3) is 0 Å². The van der Waals surface area contributed by atoms with Crippen LogP contribution in [0, 0.1) is 0 Å². The molecule has 15 heavy (non-hydrogen) atoms. The van der Waals surface area contributed by atoms with Crippen LogP contribution in [-0.2, 0) is 9.84 Å². The lowest BCUT2D eigenvalue weighted by molar-refractivity contribution is -0.124. The Morgan fingerprint density at radius 3 is 1.93 bits per heavy atom. The molecule has 0 saturated carbocycles. The van der Waals surface area contributed by atoms with Gasteiger partial charge in [-0.05, 0) is 20.8 Å². The maximum atomic E-state index is 11.7. The van der Waals surface area contributed by atoms with Crippen molar-refractivity contribution in [3.8, 4) is 0 Å². The van der Waals surface area contributed by atoms with Crippen molar-refractivity contribution in [2.45, 2.75) is 31.7 Å². The van der Waals surface area contributed by atoms with Crippen molar-refractivity contribution in [2.75, 3.05) is 18.8 Å². The first-order valence-corrected chi connectivity index (χ1v) is 6.11. The van der Waals surface area contributed by atoms with E-state index in [0.29, 0.717) is 0 Å². The lowest BCUT2D eigenvalue weighted by Gasteiger charge is -2.19. The number of nitrogens with one attached hydrogen (secondary N) is 1. The highest BCUT2D eigenvalue weighted by molar-refractivity contribution is 7.92. The Balaban J connectivity index is 3.99. The van der Waals surface area contributed by atoms with Gasteiger partial charge >= 0.3 is 6.18 Å². The third kappa shape index (κ3) is 5.99. The molecular formula is C8H16F3NO2S. The van der Waals surface area contributed by atoms with Gasteiger partial charge in [-0.15, -0.1) is 0 Å². The Labute approximate surface area is 88.0 Å². The Hall–Kier alpha value is -0.300. The molecule has 1 N–H and O–H groups in total. The van der Waals surface area contributed by atoms with Crippen molar-refractivity contribution in [1.82, 2.24) is 5.32 Å². The van der Waals surface area contributed by atoms with E-state index in [4.69, 9.17) is 0 Å². The Morgan fingerprint density at radius 2 is 1.60 bits per heavy atom. The van der Waals surface area contributed by atoms with Crippen LogP contribution in [0.2, 0.25) is 0 Å². The van der Waals surface area contributed by atoms with Gasteiger partial charge in [0.15, 0.2) is 9.84 Å². The molecule has 0 aliphatic carbocycles. The molecule has 0 unspecified atom stereocenters. The van der Waals surface area contributed by atoms with Crippen LogP contribution < -0.4 is 5.32 Å². The molecular weight excluding hydrogens is 231 g/mol. The van der Waals surface area contributed by atoms with Gasteiger partial charge < -0.3 is 5.32 Å². The van der Waals surface area contributed by atoms with Crippen molar-refractivity contribution < 1.29 is 21.6 Å². The number of hydrogen-bond donors (Lipinski definition) is 1. The summed E-state index contributed by atoms with van der Waals surface area (Å²) in [5, 5.41) is 2.05. The fraction of sp³-hybridized carbons (Fsp3) is 1.00. The smallest absolute Gasteiger partial charge is 0.308 e. The normalized spacial score (nSPS) is 14.3. The second-order valence-electron chi connectivity index (χ2n) is 4.22. The zero-order chi connectivity index (χ0) is 12.3. The zero-order valence-corrected chi connectivity index (χ0v) is 9.80. The Kier molecular flexibility index (Phi) is 4.60. The maximum absolute atomic E-state index is 11.7. The van der Waals surface area contributed by atoms with Gasteiger partial charge in [-0.1, -0.05) is 0 Å². The zero-order valence-electron chi connectivity index (χ0n) is 8.98. The molecule has 0 saturated heterocycles. The molecule has 0 aromatic rings. The summed E-state index contributed by atoms with van der Waals surface area (Å²) < 4.78 is 57.1. The molecule has 0 aromatic carbocycles. The summed E-state index contributed by atoms with van der Waals surface area (Å²) >= 11 is 0. The van der Waals surface area contributed by atoms with E-state index in [2.05, 4.69) is 0 Å². The van der Waals surface area contributed by atoms with Gasteiger partial charge in [-0.3, -0.25) is 0 Å². The highest BCUT2D eigenvalue weighted by Gasteiger charge is 2.30. The van der Waals surface area contributed by atoms with E-state index in [1.54, 1.807) is 0 Å². The number of alkyl halides is 3. The minimum absolute atomic E-state index is 0.181. The molecule has 0 fully saturated rings. The van der Waals surface area contributed by atoms with Crippen molar-refractivity contribution in [1.29, 1.82) is 0 Å². The molecule has 0 aliphatic rings. The monoisotopic (exact) mass is 247 g/mol. The van der Waals surface area contributed by atoms with Crippen LogP contribution in [-0.4, -0.2) is 38.2 Å². The molecule has 0 radical (unpaired) electrons. The molecule has 0 amide bonds. The third-order valence-corrected chi connectivity index (χ3v) is 4.41. The fourth-order valence-corrected chi connectivity index (χ4v) is 1.77. The van der Waals surface area contributed by atoms with Gasteiger partial charge in [0.2, 0.25) is 0 Å². The molecule has 92 valence electrons. The van der Waals surface area contributed by atoms with Crippen LogP contribution in [0.3, 0.4) is 0 Å². The first-order valence-electron chi connectivity index (χ1n) is 4.45. The second-order valence-corrected chi connectivity index (χ2v) is 7.09. The van der Waals surface area contributed by atoms with Gasteiger partial charge in [-0.2, -0.15) is 13.2 Å². The molecule has 0 atom stereocenters. The quantitative estimate of drug-likeness (QED) is 0.763. The average molecular weight is 247 g/mol. The average Bonchev–Trinajstić information content (AvgIpc) is 1.94. The predicted octanol–water partition coefficient (Wildman–Crippen LogP) is 1.35. The van der Waals surface area contributed by atoms with Crippen molar-refractivity contribution in [3.63, 3.8) is 0 Å². The van der Waals surface area contributed by atoms with Crippen LogP contribution in [0.1, 0.15) is 20.8 Å². The van der Waals surface area contributed by atoms with E-state index in [1.807, 2.05) is 5.32 Å². The second kappa shape index (κ2) is 4.69. The summed E-state index contributed by atoms with van der Waals surface area (Å²) in [5.41, 5.74) is 0. The fourth-order valence-electron chi connectivity index (χ4n) is 0.743. The summed E-state index contributed by atoms with van der Waals surface area (Å²) in [4.78, 5) is 0. The lowest BCUT2D eigenvalue weighted by Crippen LogP contribution is -2.37. The predicted molar refractivity (Wildman–Crippen MR) is 52.5 cm³/mol. The summed E-state index contributed by atoms with van der Waals surface area (Å²) in [6.45, 7) is 3.22. The minimum Gasteiger partial charge on any atom is -0.308 e. The van der Waals surface area contributed by atoms with Gasteiger partial charge in [0.1, 0.15) is 0 Å². The van der Waals surface area contributed by atoms with Crippen LogP contribution >= 0.6 is 0 Å². The van der Waals surface area contributed by atoms with Gasteiger partial charge in [0.05, 0.1) is 17.0 Å². The molecule has 0 rings (SSSR count). The maximum Gasteiger partial charge on any atom is 0.401 e. The van der Waals surface area contributed by atoms with Gasteiger partial charge in [-0.25, -0.2) is 8.42 Å². The van der Waals surface area contributed by atoms with Gasteiger partial charge in [0, 0.05) is 6.54 Å². The van der Waals surface area contributed by atoms with E-state index in [1.165, 1.54) is 20.8 Å². The third-order valence-electron chi connectivity index (χ3n) is 1.81. The van der Waals surface area contributed by atoms with Crippen LogP contribution in [0.15, 0.2) is 0 Å². The number of halogens is 3. The standard InChI is InChI=1S/C8H16F3NO2S/c1-7(2,3)15(13,14)5-4-12-6-8(9,10)11/h12H,4-6H2,1-3H3. The summed E-state index contributed by atoms with van der Waals surface area (Å²) in [5.74, 6) is -0.285. The Bertz CT molecular complexity index is 290. The largest absolute Gasteiger partial charge is 0.401 e. The van der Waals surface area contributed by atoms with E-state index in [0.717, 1.165) is 0 Å². The van der Waals surface area contributed by atoms with Crippen molar-refractivity contribution in [2.24, 2.45) is 0 Å². The molecule has 0 spiro atoms. The Morgan fingerprint density at radius 1 is 1.13 bits per heavy atom. The summed E-state index contributed by atoms with van der Waals surface area (Å²) in [6.07, 6.45) is -4.30. The molecule has 0 aliphatic heterocycles. The number of sulfone groups is 1. The number of hydrogen-bond acceptors (Lipinski definition) is 3. The van der Waals surface area contributed by atoms with E-state index in [9.17, 15) is 21.6 Å². The lowest BCUT2D eigenvalue weighted by atomic mass is 10.3. The van der Waals surface area contributed by atoms with Crippen LogP contribution in [0.5, 0.6) is 0 Å². The first kappa shape index (κ1) is 14.7. The topological polar surface area (TPSA) is 46.2 Å². The summed E-state index contributed by atoms with van der Waals surface area (Å²) in [6, 6.07) is 0. The first-order chi connectivity index (χ1) is 6.46. The summed E-state index contributed by atoms with van der Waals surface area (Å²) in [7, 11) is -3.35. The molecule has 0 bridgehead atoms. The minimum atomic E-state index is -4.30. The van der Waals surface area contributed by atoms with E-state index in [-0.39, 0.29) is 12.3 Å². The molecule has 0 aromatic heterocycles. The molecule has 7 heteroatoms. The van der Waals surface area contributed by atoms with Crippen molar-refractivity contribution >= 4 is 9.84 Å².